The Morgan fingerprint density at radius 2 is 0.689 bits per heavy atom. The fraction of sp³-hybridized carbons (Fsp3) is 0.559. The van der Waals surface area contributed by atoms with Gasteiger partial charge in [-0.05, 0) is 216 Å². The van der Waals surface area contributed by atoms with Crippen molar-refractivity contribution < 1.29 is 128 Å². The zero-order valence-corrected chi connectivity index (χ0v) is 82.9. The van der Waals surface area contributed by atoms with Crippen molar-refractivity contribution in [3.8, 4) is 34.5 Å². The fourth-order valence-electron chi connectivity index (χ4n) is 15.8. The SMILES string of the molecule is CC1/C=C\[C@@H](C)[C@H](C)OC(=O)c2c(O)cc(O)cc2/C=C/C[C@@H]2OC(C)(C)OC12.CSCCCOc1cc(C)c2c(c1)/C=C/C[C@@H]1OC(C)(C)OC1C(C)/C=C\[C@@H](C)[C@H](C)OC2=O.C[C@@H]1/C=C\C(=O)C(O)[C@@H](O)C/C=C/c2cc(OCCCS(C)(=O)=O)cc(O)c2C(=O)O[C@H]1C.Cc1cc(OCCCS(C)(=O)=O)cc2c1C(=O)O[C@@H](C)[C@H](C)/C=C\C(C)C1OC(C)(C)O[C@H]1C/C=C/2. The van der Waals surface area contributed by atoms with Crippen LogP contribution in [0, 0.1) is 55.3 Å². The van der Waals surface area contributed by atoms with Crippen LogP contribution in [0.1, 0.15) is 237 Å². The van der Waals surface area contributed by atoms with Crippen LogP contribution in [0.5, 0.6) is 34.5 Å². The van der Waals surface area contributed by atoms with Gasteiger partial charge in [-0.15, -0.1) is 0 Å². The lowest BCUT2D eigenvalue weighted by molar-refractivity contribution is -0.148. The number of phenolic OH excluding ortho intramolecular Hbond substituents is 3. The van der Waals surface area contributed by atoms with Crippen LogP contribution >= 0.6 is 11.8 Å². The zero-order valence-electron chi connectivity index (χ0n) is 80.5. The van der Waals surface area contributed by atoms with Crippen LogP contribution in [0.15, 0.2) is 121 Å². The monoisotopic (exact) mass is 1890 g/mol. The number of aliphatic hydroxyl groups is 2. The summed E-state index contributed by atoms with van der Waals surface area (Å²) in [6, 6.07) is 12.7. The number of sulfone groups is 2. The first-order valence-corrected chi connectivity index (χ1v) is 51.0. The van der Waals surface area contributed by atoms with Crippen molar-refractivity contribution in [3.05, 3.63) is 177 Å². The summed E-state index contributed by atoms with van der Waals surface area (Å²) in [4.78, 5) is 64.1. The Hall–Kier alpha value is -8.92. The maximum absolute atomic E-state index is 13.2. The number of aromatic hydroxyl groups is 3. The summed E-state index contributed by atoms with van der Waals surface area (Å²) in [5.74, 6) is -2.85. The lowest BCUT2D eigenvalue weighted by Gasteiger charge is -2.23. The first-order valence-electron chi connectivity index (χ1n) is 45.5. The molecule has 11 rings (SSSR count). The minimum absolute atomic E-state index is 0.0184. The summed E-state index contributed by atoms with van der Waals surface area (Å²) in [6.07, 6.45) is 32.2. The van der Waals surface area contributed by atoms with Crippen LogP contribution in [-0.4, -0.2) is 218 Å². The third kappa shape index (κ3) is 32.7. The van der Waals surface area contributed by atoms with Gasteiger partial charge in [0.25, 0.3) is 0 Å². The predicted molar refractivity (Wildman–Crippen MR) is 512 cm³/mol. The number of cyclic esters (lactones) is 4. The Bertz CT molecular complexity index is 5110. The molecule has 132 heavy (non-hydrogen) atoms. The van der Waals surface area contributed by atoms with Crippen molar-refractivity contribution >= 4 is 85.4 Å². The van der Waals surface area contributed by atoms with Crippen molar-refractivity contribution in [1.82, 2.24) is 0 Å². The number of hydrogen-bond acceptors (Lipinski definition) is 28. The Balaban J connectivity index is 0.000000217. The van der Waals surface area contributed by atoms with Crippen LogP contribution in [0.3, 0.4) is 0 Å². The molecular weight excluding hydrogens is 1750 g/mol. The van der Waals surface area contributed by atoms with Gasteiger partial charge >= 0.3 is 23.9 Å². The highest BCUT2D eigenvalue weighted by Crippen LogP contribution is 2.41. The second kappa shape index (κ2) is 48.5. The largest absolute Gasteiger partial charge is 0.508 e. The number of fused-ring (bicyclic) bond motifs is 7. The smallest absolute Gasteiger partial charge is 0.342 e. The number of thioether (sulfide) groups is 1. The van der Waals surface area contributed by atoms with E-state index in [9.17, 15) is 66.3 Å². The number of carbonyl (C=O) groups is 5. The molecule has 30 heteroatoms. The molecule has 7 unspecified atom stereocenters. The van der Waals surface area contributed by atoms with Gasteiger partial charge in [0.2, 0.25) is 0 Å². The van der Waals surface area contributed by atoms with Crippen LogP contribution in [0.25, 0.3) is 24.3 Å². The molecule has 728 valence electrons. The molecule has 0 saturated carbocycles. The van der Waals surface area contributed by atoms with Crippen molar-refractivity contribution in [2.24, 2.45) is 41.4 Å². The molecule has 0 radical (unpaired) electrons. The molecule has 3 saturated heterocycles. The van der Waals surface area contributed by atoms with E-state index in [2.05, 4.69) is 70.4 Å². The Kier molecular flexibility index (Phi) is 39.8. The van der Waals surface area contributed by atoms with Gasteiger partial charge in [0.15, 0.2) is 23.1 Å². The summed E-state index contributed by atoms with van der Waals surface area (Å²) in [5, 5.41) is 50.8. The lowest BCUT2D eigenvalue weighted by atomic mass is 9.94. The third-order valence-corrected chi connectivity index (χ3v) is 26.5. The van der Waals surface area contributed by atoms with Crippen LogP contribution in [-0.2, 0) is 71.8 Å². The van der Waals surface area contributed by atoms with E-state index in [4.69, 9.17) is 61.6 Å². The summed E-state index contributed by atoms with van der Waals surface area (Å²) in [6.45, 7) is 37.8. The molecule has 27 nitrogen and oxygen atoms in total. The molecule has 4 aromatic carbocycles. The summed E-state index contributed by atoms with van der Waals surface area (Å²) in [5.41, 5.74) is 4.70. The van der Waals surface area contributed by atoms with Crippen molar-refractivity contribution in [1.29, 1.82) is 0 Å². The number of ketones is 1. The van der Waals surface area contributed by atoms with Crippen LogP contribution < -0.4 is 14.2 Å². The van der Waals surface area contributed by atoms with Gasteiger partial charge in [-0.2, -0.15) is 11.8 Å². The minimum Gasteiger partial charge on any atom is -0.508 e. The second-order valence-electron chi connectivity index (χ2n) is 37.0. The molecule has 5 N–H and O–H groups in total. The topological polar surface area (TPSA) is 375 Å². The summed E-state index contributed by atoms with van der Waals surface area (Å²) < 4.78 is 123. The lowest BCUT2D eigenvalue weighted by Crippen LogP contribution is -2.32. The summed E-state index contributed by atoms with van der Waals surface area (Å²) in [7, 11) is -6.18. The number of aliphatic hydroxyl groups excluding tert-OH is 2. The number of aryl methyl sites for hydroxylation is 2. The van der Waals surface area contributed by atoms with Gasteiger partial charge in [-0.3, -0.25) is 4.79 Å². The molecule has 3 fully saturated rings. The highest BCUT2D eigenvalue weighted by Gasteiger charge is 2.46. The molecule has 7 heterocycles. The van der Waals surface area contributed by atoms with Gasteiger partial charge in [0.05, 0.1) is 85.2 Å². The van der Waals surface area contributed by atoms with E-state index in [0.29, 0.717) is 60.3 Å². The number of carbonyl (C=O) groups excluding carboxylic acids is 5. The van der Waals surface area contributed by atoms with Gasteiger partial charge in [-0.25, -0.2) is 36.0 Å². The third-order valence-electron chi connectivity index (χ3n) is 23.8. The van der Waals surface area contributed by atoms with Gasteiger partial charge < -0.3 is 87.1 Å². The molecule has 4 aromatic rings. The quantitative estimate of drug-likeness (QED) is 0.0319. The minimum atomic E-state index is -3.13. The zero-order chi connectivity index (χ0) is 97.7. The molecule has 19 atom stereocenters. The Morgan fingerprint density at radius 1 is 0.386 bits per heavy atom. The maximum atomic E-state index is 13.2. The van der Waals surface area contributed by atoms with E-state index >= 15 is 0 Å². The number of ether oxygens (including phenoxy) is 13. The number of benzene rings is 4. The number of hydrogen-bond donors (Lipinski definition) is 5. The average molecular weight is 1890 g/mol. The van der Waals surface area contributed by atoms with E-state index in [-0.39, 0.29) is 174 Å². The fourth-order valence-corrected chi connectivity index (χ4v) is 17.5. The highest BCUT2D eigenvalue weighted by molar-refractivity contribution is 7.98. The van der Waals surface area contributed by atoms with Crippen molar-refractivity contribution in [2.75, 3.05) is 55.8 Å². The van der Waals surface area contributed by atoms with E-state index in [1.165, 1.54) is 42.7 Å². The maximum Gasteiger partial charge on any atom is 0.342 e. The van der Waals surface area contributed by atoms with Crippen molar-refractivity contribution in [3.63, 3.8) is 0 Å². The first kappa shape index (κ1) is 108. The Labute approximate surface area is 784 Å². The molecular formula is C102H140O27S3. The molecule has 0 spiro atoms. The molecule has 7 aliphatic rings. The normalized spacial score (nSPS) is 30.5. The molecule has 0 amide bonds. The van der Waals surface area contributed by atoms with E-state index in [1.807, 2.05) is 144 Å². The first-order chi connectivity index (χ1) is 61.8. The van der Waals surface area contributed by atoms with Gasteiger partial charge in [0, 0.05) is 66.1 Å². The second-order valence-corrected chi connectivity index (χ2v) is 42.5. The number of phenols is 3. The van der Waals surface area contributed by atoms with Crippen LogP contribution in [0.4, 0.5) is 0 Å². The van der Waals surface area contributed by atoms with Crippen molar-refractivity contribution in [2.45, 2.75) is 267 Å². The predicted octanol–water partition coefficient (Wildman–Crippen LogP) is 17.6. The van der Waals surface area contributed by atoms with E-state index in [0.717, 1.165) is 53.0 Å². The van der Waals surface area contributed by atoms with Gasteiger partial charge in [0.1, 0.15) is 95.8 Å². The number of rotatable bonds is 15. The molecule has 7 aliphatic heterocycles. The number of esters is 4. The highest BCUT2D eigenvalue weighted by atomic mass is 32.2. The van der Waals surface area contributed by atoms with E-state index in [1.54, 1.807) is 32.1 Å². The van der Waals surface area contributed by atoms with Crippen LogP contribution in [0.2, 0.25) is 0 Å². The Morgan fingerprint density at radius 3 is 1.05 bits per heavy atom. The molecule has 0 aromatic heterocycles. The van der Waals surface area contributed by atoms with E-state index < -0.39 is 84.9 Å². The molecule has 0 bridgehead atoms. The molecule has 0 aliphatic carbocycles. The standard InChI is InChI=1S/C28H40O7S.C28H40O5S.C23H30O9S.C23H30O6/c1-18-12-13-19(2)26-24(34-28(5,6)35-26)11-8-10-22-17-23(32-14-9-15-36(7,30)31)16-20(3)25(22)27(29)33-21(18)4;1-18-12-13-19(2)26-24(32-28(5,6)33-26)11-8-10-22-17-23(30-14-9-15-34-7)16-20(3)25(22)27(29)31-21(18)4;1-14-8-9-19(25)22(27)18(24)7-4-6-16-12-17(31-10-5-11-33(3,29)30)13-20(26)21(16)23(28)32-15(14)2;1-13-9-10-14(2)21-19(28-23(4,5)29-21)8-6-7-16-11-17(24)12-18(25)20(16)22(26)27-15(13)3/h8,10,12-13,16-19,21,24,26H,9,11,14-15H2,1-7H3;8,10,12-13,16-19,21,24,26H,9,11,14-15H2,1-7H3;4,6,8-9,12-15,18,22,24,26-27H,5,7,10-11H2,1-3H3;6-7,9-15,19,21,24-25H,8H2,1-5H3/b2*10-8+,13-12-;6-4+,9-8-;7-6+,10-9-/t2*18-,19?,21+,24+,26?;14-,15+,18+,22?;13-,14?,15+,19+,21?/m1111/s1. The van der Waals surface area contributed by atoms with Gasteiger partial charge in [-0.1, -0.05) is 140 Å². The summed E-state index contributed by atoms with van der Waals surface area (Å²) >= 11 is 1.81. The average Bonchev–Trinajstić information content (AvgIpc) is 1.56.